The van der Waals surface area contributed by atoms with Gasteiger partial charge in [-0.25, -0.2) is 0 Å². The highest BCUT2D eigenvalue weighted by atomic mass is 16.5. The lowest BCUT2D eigenvalue weighted by Crippen LogP contribution is -2.54. The summed E-state index contributed by atoms with van der Waals surface area (Å²) in [6.45, 7) is 8.47. The molecule has 3 rings (SSSR count). The summed E-state index contributed by atoms with van der Waals surface area (Å²) in [7, 11) is 0. The Morgan fingerprint density at radius 2 is 2.20 bits per heavy atom. The van der Waals surface area contributed by atoms with Gasteiger partial charge in [-0.1, -0.05) is 0 Å². The lowest BCUT2D eigenvalue weighted by Gasteiger charge is -2.37. The Balaban J connectivity index is 1.57. The molecule has 0 unspecified atom stereocenters. The van der Waals surface area contributed by atoms with Gasteiger partial charge in [0.15, 0.2) is 5.96 Å². The second-order valence-corrected chi connectivity index (χ2v) is 5.73. The molecule has 3 aliphatic rings. The smallest absolute Gasteiger partial charge is 0.191 e. The van der Waals surface area contributed by atoms with Crippen molar-refractivity contribution >= 4 is 5.96 Å². The first-order valence-electron chi connectivity index (χ1n) is 7.85. The SMILES string of the molecule is C1CN=C(NC[C@@H]([C@H]2CCOC2)N2CCOCC2)NC1. The van der Waals surface area contributed by atoms with Crippen molar-refractivity contribution in [2.75, 3.05) is 59.2 Å². The number of ether oxygens (including phenoxy) is 2. The Morgan fingerprint density at radius 3 is 2.90 bits per heavy atom. The van der Waals surface area contributed by atoms with Crippen LogP contribution in [-0.2, 0) is 9.47 Å². The van der Waals surface area contributed by atoms with Crippen molar-refractivity contribution in [2.24, 2.45) is 10.9 Å². The molecule has 0 saturated carbocycles. The van der Waals surface area contributed by atoms with E-state index < -0.39 is 0 Å². The van der Waals surface area contributed by atoms with Crippen LogP contribution in [0, 0.1) is 5.92 Å². The fraction of sp³-hybridized carbons (Fsp3) is 0.929. The van der Waals surface area contributed by atoms with E-state index in [-0.39, 0.29) is 0 Å². The largest absolute Gasteiger partial charge is 0.381 e. The number of nitrogens with zero attached hydrogens (tertiary/aromatic N) is 2. The first-order chi connectivity index (χ1) is 9.93. The maximum Gasteiger partial charge on any atom is 0.191 e. The molecule has 0 spiro atoms. The lowest BCUT2D eigenvalue weighted by molar-refractivity contribution is 0.00246. The zero-order valence-electron chi connectivity index (χ0n) is 12.1. The molecule has 0 aromatic rings. The highest BCUT2D eigenvalue weighted by Gasteiger charge is 2.31. The summed E-state index contributed by atoms with van der Waals surface area (Å²) in [5, 5.41) is 6.83. The van der Waals surface area contributed by atoms with Crippen LogP contribution in [-0.4, -0.2) is 76.1 Å². The Kier molecular flexibility index (Phi) is 5.11. The third kappa shape index (κ3) is 3.62. The van der Waals surface area contributed by atoms with Crippen molar-refractivity contribution in [1.82, 2.24) is 15.5 Å². The highest BCUT2D eigenvalue weighted by molar-refractivity contribution is 5.80. The molecule has 0 radical (unpaired) electrons. The quantitative estimate of drug-likeness (QED) is 0.739. The van der Waals surface area contributed by atoms with Crippen LogP contribution in [0.1, 0.15) is 12.8 Å². The molecule has 2 N–H and O–H groups in total. The van der Waals surface area contributed by atoms with Gasteiger partial charge in [-0.15, -0.1) is 0 Å². The van der Waals surface area contributed by atoms with E-state index in [1.54, 1.807) is 0 Å². The van der Waals surface area contributed by atoms with Gasteiger partial charge in [0.2, 0.25) is 0 Å². The topological polar surface area (TPSA) is 58.1 Å². The minimum absolute atomic E-state index is 0.521. The van der Waals surface area contributed by atoms with Crippen molar-refractivity contribution in [3.63, 3.8) is 0 Å². The standard InChI is InChI=1S/C14H26N4O2/c1-3-15-14(16-4-1)17-10-13(12-2-7-20-11-12)18-5-8-19-9-6-18/h12-13H,1-11H2,(H2,15,16,17)/t12-,13-/m0/s1. The third-order valence-corrected chi connectivity index (χ3v) is 4.40. The van der Waals surface area contributed by atoms with Crippen molar-refractivity contribution in [3.8, 4) is 0 Å². The van der Waals surface area contributed by atoms with Crippen molar-refractivity contribution in [2.45, 2.75) is 18.9 Å². The van der Waals surface area contributed by atoms with Gasteiger partial charge in [0.25, 0.3) is 0 Å². The van der Waals surface area contributed by atoms with Gasteiger partial charge in [0, 0.05) is 51.3 Å². The minimum atomic E-state index is 0.521. The number of hydrogen-bond acceptors (Lipinski definition) is 6. The van der Waals surface area contributed by atoms with E-state index in [1.165, 1.54) is 6.42 Å². The van der Waals surface area contributed by atoms with Gasteiger partial charge in [-0.2, -0.15) is 0 Å². The van der Waals surface area contributed by atoms with E-state index in [4.69, 9.17) is 9.47 Å². The molecule has 114 valence electrons. The molecule has 3 heterocycles. The molecule has 0 aliphatic carbocycles. The molecule has 2 saturated heterocycles. The van der Waals surface area contributed by atoms with Gasteiger partial charge in [0.05, 0.1) is 19.8 Å². The van der Waals surface area contributed by atoms with Crippen LogP contribution in [0.5, 0.6) is 0 Å². The second-order valence-electron chi connectivity index (χ2n) is 5.73. The molecule has 0 bridgehead atoms. The molecule has 2 fully saturated rings. The molecule has 0 aromatic carbocycles. The summed E-state index contributed by atoms with van der Waals surface area (Å²) in [5.74, 6) is 1.60. The number of morpholine rings is 1. The first kappa shape index (κ1) is 14.1. The highest BCUT2D eigenvalue weighted by Crippen LogP contribution is 2.21. The van der Waals surface area contributed by atoms with Crippen LogP contribution in [0.3, 0.4) is 0 Å². The Labute approximate surface area is 120 Å². The first-order valence-corrected chi connectivity index (χ1v) is 7.85. The molecule has 6 nitrogen and oxygen atoms in total. The Morgan fingerprint density at radius 1 is 1.30 bits per heavy atom. The van der Waals surface area contributed by atoms with E-state index in [0.29, 0.717) is 12.0 Å². The lowest BCUT2D eigenvalue weighted by atomic mass is 9.97. The van der Waals surface area contributed by atoms with Crippen LogP contribution in [0.2, 0.25) is 0 Å². The molecule has 2 atom stereocenters. The van der Waals surface area contributed by atoms with Gasteiger partial charge < -0.3 is 20.1 Å². The van der Waals surface area contributed by atoms with Crippen molar-refractivity contribution < 1.29 is 9.47 Å². The van der Waals surface area contributed by atoms with Gasteiger partial charge in [-0.3, -0.25) is 9.89 Å². The Hall–Kier alpha value is -0.850. The fourth-order valence-electron chi connectivity index (χ4n) is 3.21. The number of aliphatic imine (C=N–C) groups is 1. The summed E-state index contributed by atoms with van der Waals surface area (Å²) in [4.78, 5) is 7.05. The summed E-state index contributed by atoms with van der Waals surface area (Å²) < 4.78 is 11.1. The van der Waals surface area contributed by atoms with Crippen LogP contribution >= 0.6 is 0 Å². The third-order valence-electron chi connectivity index (χ3n) is 4.40. The maximum atomic E-state index is 5.59. The molecule has 0 amide bonds. The summed E-state index contributed by atoms with van der Waals surface area (Å²) in [6, 6.07) is 0.521. The fourth-order valence-corrected chi connectivity index (χ4v) is 3.21. The summed E-state index contributed by atoms with van der Waals surface area (Å²) in [5.41, 5.74) is 0. The molecule has 20 heavy (non-hydrogen) atoms. The Bertz CT molecular complexity index is 325. The molecular formula is C14H26N4O2. The van der Waals surface area contributed by atoms with E-state index in [1.807, 2.05) is 0 Å². The average Bonchev–Trinajstić information content (AvgIpc) is 3.04. The van der Waals surface area contributed by atoms with Crippen LogP contribution in [0.25, 0.3) is 0 Å². The zero-order valence-corrected chi connectivity index (χ0v) is 12.1. The summed E-state index contributed by atoms with van der Waals surface area (Å²) >= 11 is 0. The number of hydrogen-bond donors (Lipinski definition) is 2. The number of guanidine groups is 1. The monoisotopic (exact) mass is 282 g/mol. The van der Waals surface area contributed by atoms with Crippen molar-refractivity contribution in [3.05, 3.63) is 0 Å². The van der Waals surface area contributed by atoms with Crippen LogP contribution in [0.15, 0.2) is 4.99 Å². The normalized spacial score (nSPS) is 29.6. The van der Waals surface area contributed by atoms with Crippen LogP contribution < -0.4 is 10.6 Å². The maximum absolute atomic E-state index is 5.59. The zero-order chi connectivity index (χ0) is 13.6. The van der Waals surface area contributed by atoms with E-state index in [2.05, 4.69) is 20.5 Å². The van der Waals surface area contributed by atoms with E-state index in [0.717, 1.165) is 71.5 Å². The van der Waals surface area contributed by atoms with Gasteiger partial charge in [0.1, 0.15) is 0 Å². The average molecular weight is 282 g/mol. The number of nitrogens with one attached hydrogen (secondary N) is 2. The number of rotatable bonds is 4. The van der Waals surface area contributed by atoms with Gasteiger partial charge in [-0.05, 0) is 12.8 Å². The summed E-state index contributed by atoms with van der Waals surface area (Å²) in [6.07, 6.45) is 2.30. The second kappa shape index (κ2) is 7.24. The minimum Gasteiger partial charge on any atom is -0.381 e. The molecular weight excluding hydrogens is 256 g/mol. The van der Waals surface area contributed by atoms with Crippen molar-refractivity contribution in [1.29, 1.82) is 0 Å². The van der Waals surface area contributed by atoms with Crippen LogP contribution in [0.4, 0.5) is 0 Å². The van der Waals surface area contributed by atoms with Gasteiger partial charge >= 0.3 is 0 Å². The predicted molar refractivity (Wildman–Crippen MR) is 78.0 cm³/mol. The molecule has 6 heteroatoms. The van der Waals surface area contributed by atoms with E-state index in [9.17, 15) is 0 Å². The molecule has 3 aliphatic heterocycles. The predicted octanol–water partition coefficient (Wildman–Crippen LogP) is -0.337. The van der Waals surface area contributed by atoms with E-state index >= 15 is 0 Å². The molecule has 0 aromatic heterocycles.